The number of carbonyl (C=O) groups is 3. The highest BCUT2D eigenvalue weighted by atomic mass is 79.9. The number of hydrogen-bond donors (Lipinski definition) is 1. The minimum Gasteiger partial charge on any atom is -0.484 e. The van der Waals surface area contributed by atoms with Gasteiger partial charge in [-0.25, -0.2) is 0 Å². The third-order valence-corrected chi connectivity index (χ3v) is 5.30. The van der Waals surface area contributed by atoms with E-state index in [-0.39, 0.29) is 30.9 Å². The first-order valence-corrected chi connectivity index (χ1v) is 9.76. The van der Waals surface area contributed by atoms with Crippen LogP contribution in [0.1, 0.15) is 32.3 Å². The largest absolute Gasteiger partial charge is 0.484 e. The second-order valence-electron chi connectivity index (χ2n) is 6.51. The van der Waals surface area contributed by atoms with E-state index in [9.17, 15) is 14.4 Å². The highest BCUT2D eigenvalue weighted by molar-refractivity contribution is 9.10. The molecule has 1 aliphatic rings. The highest BCUT2D eigenvalue weighted by Crippen LogP contribution is 2.22. The Balaban J connectivity index is 1.99. The van der Waals surface area contributed by atoms with Crippen molar-refractivity contribution in [2.75, 3.05) is 19.7 Å². The Morgan fingerprint density at radius 2 is 2.15 bits per heavy atom. The molecule has 1 fully saturated rings. The van der Waals surface area contributed by atoms with Crippen molar-refractivity contribution in [3.8, 4) is 5.75 Å². The van der Waals surface area contributed by atoms with Crippen LogP contribution in [0.25, 0.3) is 0 Å². The van der Waals surface area contributed by atoms with E-state index in [0.29, 0.717) is 25.3 Å². The van der Waals surface area contributed by atoms with Crippen LogP contribution >= 0.6 is 15.9 Å². The number of benzene rings is 1. The fraction of sp³-hybridized carbons (Fsp3) is 0.526. The molecule has 2 rings (SSSR count). The summed E-state index contributed by atoms with van der Waals surface area (Å²) in [4.78, 5) is 38.3. The smallest absolute Gasteiger partial charge is 0.308 e. The Labute approximate surface area is 167 Å². The number of esters is 1. The normalized spacial score (nSPS) is 17.9. The van der Waals surface area contributed by atoms with Crippen LogP contribution in [0, 0.1) is 6.92 Å². The van der Waals surface area contributed by atoms with Gasteiger partial charge < -0.3 is 19.7 Å². The van der Waals surface area contributed by atoms with Crippen molar-refractivity contribution in [1.82, 2.24) is 10.2 Å². The van der Waals surface area contributed by atoms with Crippen LogP contribution in [-0.4, -0.2) is 54.5 Å². The molecule has 8 heteroatoms. The fourth-order valence-corrected chi connectivity index (χ4v) is 2.91. The van der Waals surface area contributed by atoms with Gasteiger partial charge >= 0.3 is 5.97 Å². The summed E-state index contributed by atoms with van der Waals surface area (Å²) in [5.74, 6) is -0.617. The maximum atomic E-state index is 12.6. The van der Waals surface area contributed by atoms with Crippen molar-refractivity contribution in [3.05, 3.63) is 28.2 Å². The number of carbonyl (C=O) groups excluding carboxylic acids is 3. The Kier molecular flexibility index (Phi) is 7.65. The predicted molar refractivity (Wildman–Crippen MR) is 103 cm³/mol. The first-order chi connectivity index (χ1) is 12.8. The summed E-state index contributed by atoms with van der Waals surface area (Å²) < 4.78 is 11.8. The van der Waals surface area contributed by atoms with Crippen molar-refractivity contribution in [1.29, 1.82) is 0 Å². The topological polar surface area (TPSA) is 84.9 Å². The third kappa shape index (κ3) is 5.95. The van der Waals surface area contributed by atoms with Crippen molar-refractivity contribution >= 4 is 33.7 Å². The second-order valence-corrected chi connectivity index (χ2v) is 7.36. The summed E-state index contributed by atoms with van der Waals surface area (Å²) in [6, 6.07) is 4.55. The third-order valence-electron chi connectivity index (χ3n) is 4.41. The Morgan fingerprint density at radius 1 is 1.41 bits per heavy atom. The lowest BCUT2D eigenvalue weighted by atomic mass is 10.1. The minimum atomic E-state index is -0.877. The quantitative estimate of drug-likeness (QED) is 0.656. The lowest BCUT2D eigenvalue weighted by Gasteiger charge is -2.34. The van der Waals surface area contributed by atoms with E-state index in [2.05, 4.69) is 21.2 Å². The predicted octanol–water partition coefficient (Wildman–Crippen LogP) is 2.20. The number of rotatable bonds is 7. The van der Waals surface area contributed by atoms with E-state index in [1.807, 2.05) is 26.0 Å². The van der Waals surface area contributed by atoms with E-state index < -0.39 is 12.0 Å². The first kappa shape index (κ1) is 21.2. The van der Waals surface area contributed by atoms with Crippen LogP contribution in [0.5, 0.6) is 5.75 Å². The molecule has 2 amide bonds. The van der Waals surface area contributed by atoms with E-state index in [1.165, 1.54) is 4.90 Å². The molecule has 1 aromatic carbocycles. The molecule has 0 radical (unpaired) electrons. The molecule has 0 aliphatic carbocycles. The summed E-state index contributed by atoms with van der Waals surface area (Å²) >= 11 is 3.41. The zero-order valence-corrected chi connectivity index (χ0v) is 17.4. The van der Waals surface area contributed by atoms with Gasteiger partial charge in [-0.2, -0.15) is 0 Å². The van der Waals surface area contributed by atoms with Crippen molar-refractivity contribution in [2.45, 2.75) is 45.8 Å². The van der Waals surface area contributed by atoms with E-state index in [1.54, 1.807) is 13.0 Å². The number of nitrogens with one attached hydrogen (secondary N) is 1. The van der Waals surface area contributed by atoms with Gasteiger partial charge in [0.25, 0.3) is 5.91 Å². The monoisotopic (exact) mass is 440 g/mol. The molecule has 2 atom stereocenters. The van der Waals surface area contributed by atoms with E-state index in [0.717, 1.165) is 10.0 Å². The number of nitrogens with zero attached hydrogens (tertiary/aromatic N) is 1. The SMILES string of the molecule is CCC(C)OC(=O)CC1C(=O)NCCN1C(=O)COc1ccc(Br)c(C)c1. The van der Waals surface area contributed by atoms with Crippen LogP contribution in [0.2, 0.25) is 0 Å². The van der Waals surface area contributed by atoms with Gasteiger partial charge in [-0.15, -0.1) is 0 Å². The zero-order chi connectivity index (χ0) is 20.0. The van der Waals surface area contributed by atoms with Crippen LogP contribution in [0.4, 0.5) is 0 Å². The Bertz CT molecular complexity index is 709. The number of aryl methyl sites for hydroxylation is 1. The van der Waals surface area contributed by atoms with Gasteiger partial charge in [0.1, 0.15) is 11.8 Å². The summed E-state index contributed by atoms with van der Waals surface area (Å²) in [6.45, 7) is 6.09. The van der Waals surface area contributed by atoms with Gasteiger partial charge in [0.2, 0.25) is 5.91 Å². The Hall–Kier alpha value is -2.09. The van der Waals surface area contributed by atoms with Gasteiger partial charge in [0, 0.05) is 17.6 Å². The average molecular weight is 441 g/mol. The average Bonchev–Trinajstić information content (AvgIpc) is 2.63. The molecule has 7 nitrogen and oxygen atoms in total. The first-order valence-electron chi connectivity index (χ1n) is 8.97. The van der Waals surface area contributed by atoms with E-state index >= 15 is 0 Å². The molecule has 1 saturated heterocycles. The van der Waals surface area contributed by atoms with Gasteiger partial charge in [-0.05, 0) is 44.0 Å². The maximum absolute atomic E-state index is 12.6. The van der Waals surface area contributed by atoms with Crippen LogP contribution in [-0.2, 0) is 19.1 Å². The molecule has 1 aromatic rings. The molecular formula is C19H25BrN2O5. The summed E-state index contributed by atoms with van der Waals surface area (Å²) in [5, 5.41) is 2.69. The minimum absolute atomic E-state index is 0.167. The molecule has 0 saturated carbocycles. The lowest BCUT2D eigenvalue weighted by molar-refractivity contribution is -0.155. The molecule has 1 aliphatic heterocycles. The highest BCUT2D eigenvalue weighted by Gasteiger charge is 2.35. The lowest BCUT2D eigenvalue weighted by Crippen LogP contribution is -2.58. The molecule has 2 unspecified atom stereocenters. The maximum Gasteiger partial charge on any atom is 0.308 e. The van der Waals surface area contributed by atoms with Gasteiger partial charge in [-0.1, -0.05) is 22.9 Å². The van der Waals surface area contributed by atoms with Gasteiger partial charge in [0.05, 0.1) is 12.5 Å². The molecule has 0 aromatic heterocycles. The summed E-state index contributed by atoms with van der Waals surface area (Å²) in [7, 11) is 0. The standard InChI is InChI=1S/C19H25BrN2O5/c1-4-13(3)27-18(24)10-16-19(25)21-7-8-22(16)17(23)11-26-14-5-6-15(20)12(2)9-14/h5-6,9,13,16H,4,7-8,10-11H2,1-3H3,(H,21,25). The number of hydrogen-bond acceptors (Lipinski definition) is 5. The van der Waals surface area contributed by atoms with Crippen LogP contribution in [0.3, 0.4) is 0 Å². The van der Waals surface area contributed by atoms with Gasteiger partial charge in [0.15, 0.2) is 6.61 Å². The zero-order valence-electron chi connectivity index (χ0n) is 15.8. The van der Waals surface area contributed by atoms with Crippen LogP contribution < -0.4 is 10.1 Å². The van der Waals surface area contributed by atoms with Crippen molar-refractivity contribution in [2.24, 2.45) is 0 Å². The van der Waals surface area contributed by atoms with Crippen LogP contribution in [0.15, 0.2) is 22.7 Å². The number of piperazine rings is 1. The number of amides is 2. The number of ether oxygens (including phenoxy) is 2. The van der Waals surface area contributed by atoms with Crippen molar-refractivity contribution in [3.63, 3.8) is 0 Å². The molecule has 1 heterocycles. The summed E-state index contributed by atoms with van der Waals surface area (Å²) in [5.41, 5.74) is 0.989. The van der Waals surface area contributed by atoms with Crippen molar-refractivity contribution < 1.29 is 23.9 Å². The van der Waals surface area contributed by atoms with Gasteiger partial charge in [-0.3, -0.25) is 14.4 Å². The molecule has 0 spiro atoms. The second kappa shape index (κ2) is 9.73. The molecule has 27 heavy (non-hydrogen) atoms. The summed E-state index contributed by atoms with van der Waals surface area (Å²) in [6.07, 6.45) is 0.294. The fourth-order valence-electron chi connectivity index (χ4n) is 2.66. The molecule has 0 bridgehead atoms. The van der Waals surface area contributed by atoms with E-state index in [4.69, 9.17) is 9.47 Å². The number of halogens is 1. The molecule has 148 valence electrons. The molecular weight excluding hydrogens is 416 g/mol. The Morgan fingerprint density at radius 3 is 2.81 bits per heavy atom. The molecule has 1 N–H and O–H groups in total.